The standard InChI is InChI=1S/C19H30N2O2/c1-4-15-7-9-17(10-8-15)23-18(5-2)19(22)20-16-11-13-21(6-3)14-12-16/h7-10,16,18H,4-6,11-14H2,1-3H3,(H,20,22)/t18-/m1/s1. The van der Waals surface area contributed by atoms with Crippen molar-refractivity contribution in [2.75, 3.05) is 19.6 Å². The maximum Gasteiger partial charge on any atom is 0.261 e. The first-order chi connectivity index (χ1) is 11.2. The topological polar surface area (TPSA) is 41.6 Å². The van der Waals surface area contributed by atoms with E-state index in [1.54, 1.807) is 0 Å². The lowest BCUT2D eigenvalue weighted by molar-refractivity contribution is -0.129. The van der Waals surface area contributed by atoms with E-state index in [4.69, 9.17) is 4.74 Å². The SMILES string of the molecule is CCc1ccc(O[C@H](CC)C(=O)NC2CCN(CC)CC2)cc1. The molecule has 0 unspecified atom stereocenters. The van der Waals surface area contributed by atoms with Gasteiger partial charge >= 0.3 is 0 Å². The average Bonchev–Trinajstić information content (AvgIpc) is 2.60. The molecule has 1 aromatic carbocycles. The van der Waals surface area contributed by atoms with Gasteiger partial charge in [-0.15, -0.1) is 0 Å². The Balaban J connectivity index is 1.85. The van der Waals surface area contributed by atoms with Gasteiger partial charge in [0, 0.05) is 19.1 Å². The number of benzene rings is 1. The van der Waals surface area contributed by atoms with Crippen molar-refractivity contribution in [1.82, 2.24) is 10.2 Å². The number of hydrogen-bond donors (Lipinski definition) is 1. The zero-order valence-corrected chi connectivity index (χ0v) is 14.7. The molecule has 23 heavy (non-hydrogen) atoms. The molecule has 0 aliphatic carbocycles. The molecule has 1 aliphatic rings. The fourth-order valence-electron chi connectivity index (χ4n) is 2.98. The van der Waals surface area contributed by atoms with Gasteiger partial charge in [0.2, 0.25) is 0 Å². The molecule has 1 fully saturated rings. The van der Waals surface area contributed by atoms with Gasteiger partial charge in [0.25, 0.3) is 5.91 Å². The molecule has 0 radical (unpaired) electrons. The minimum absolute atomic E-state index is 0.0158. The third-order valence-electron chi connectivity index (χ3n) is 4.65. The second kappa shape index (κ2) is 8.92. The zero-order chi connectivity index (χ0) is 16.7. The summed E-state index contributed by atoms with van der Waals surface area (Å²) in [6.07, 6.45) is 3.33. The minimum atomic E-state index is -0.410. The van der Waals surface area contributed by atoms with Crippen LogP contribution in [0.1, 0.15) is 45.6 Å². The number of hydrogen-bond acceptors (Lipinski definition) is 3. The van der Waals surface area contributed by atoms with E-state index in [9.17, 15) is 4.79 Å². The summed E-state index contributed by atoms with van der Waals surface area (Å²) in [6.45, 7) is 9.53. The molecule has 0 aromatic heterocycles. The summed E-state index contributed by atoms with van der Waals surface area (Å²) >= 11 is 0. The molecule has 1 N–H and O–H groups in total. The summed E-state index contributed by atoms with van der Waals surface area (Å²) in [5.74, 6) is 0.784. The van der Waals surface area contributed by atoms with Crippen LogP contribution in [0.5, 0.6) is 5.75 Å². The predicted molar refractivity (Wildman–Crippen MR) is 93.8 cm³/mol. The van der Waals surface area contributed by atoms with Crippen LogP contribution in [0.3, 0.4) is 0 Å². The van der Waals surface area contributed by atoms with Gasteiger partial charge < -0.3 is 15.0 Å². The Labute approximate surface area is 140 Å². The highest BCUT2D eigenvalue weighted by molar-refractivity contribution is 5.81. The van der Waals surface area contributed by atoms with E-state index >= 15 is 0 Å². The summed E-state index contributed by atoms with van der Waals surface area (Å²) in [6, 6.07) is 8.30. The Morgan fingerprint density at radius 1 is 1.22 bits per heavy atom. The van der Waals surface area contributed by atoms with Crippen LogP contribution in [-0.4, -0.2) is 42.6 Å². The second-order valence-corrected chi connectivity index (χ2v) is 6.23. The van der Waals surface area contributed by atoms with Gasteiger partial charge in [-0.25, -0.2) is 0 Å². The van der Waals surface area contributed by atoms with Gasteiger partial charge in [-0.1, -0.05) is 32.9 Å². The normalized spacial score (nSPS) is 17.7. The number of amides is 1. The molecule has 1 atom stereocenters. The molecule has 0 spiro atoms. The van der Waals surface area contributed by atoms with E-state index in [2.05, 4.69) is 36.2 Å². The number of likely N-dealkylation sites (tertiary alicyclic amines) is 1. The fourth-order valence-corrected chi connectivity index (χ4v) is 2.98. The van der Waals surface area contributed by atoms with Crippen LogP contribution in [0, 0.1) is 0 Å². The van der Waals surface area contributed by atoms with Crippen LogP contribution in [0.2, 0.25) is 0 Å². The smallest absolute Gasteiger partial charge is 0.261 e. The minimum Gasteiger partial charge on any atom is -0.481 e. The fraction of sp³-hybridized carbons (Fsp3) is 0.632. The van der Waals surface area contributed by atoms with Crippen LogP contribution in [0.25, 0.3) is 0 Å². The Kier molecular flexibility index (Phi) is 6.90. The Morgan fingerprint density at radius 2 is 1.87 bits per heavy atom. The highest BCUT2D eigenvalue weighted by atomic mass is 16.5. The number of aryl methyl sites for hydroxylation is 1. The summed E-state index contributed by atoms with van der Waals surface area (Å²) in [5, 5.41) is 3.17. The number of carbonyl (C=O) groups is 1. The summed E-state index contributed by atoms with van der Waals surface area (Å²) in [4.78, 5) is 14.9. The number of piperidine rings is 1. The Bertz CT molecular complexity index is 479. The van der Waals surface area contributed by atoms with E-state index in [-0.39, 0.29) is 11.9 Å². The van der Waals surface area contributed by atoms with Crippen molar-refractivity contribution in [2.24, 2.45) is 0 Å². The summed E-state index contributed by atoms with van der Waals surface area (Å²) < 4.78 is 5.89. The van der Waals surface area contributed by atoms with Crippen LogP contribution >= 0.6 is 0 Å². The van der Waals surface area contributed by atoms with Gasteiger partial charge in [-0.2, -0.15) is 0 Å². The molecule has 128 valence electrons. The molecule has 1 saturated heterocycles. The molecule has 1 heterocycles. The molecular weight excluding hydrogens is 288 g/mol. The van der Waals surface area contributed by atoms with Crippen molar-refractivity contribution in [3.8, 4) is 5.75 Å². The number of rotatable bonds is 7. The molecule has 4 heteroatoms. The first-order valence-electron chi connectivity index (χ1n) is 8.94. The van der Waals surface area contributed by atoms with Gasteiger partial charge in [-0.05, 0) is 49.9 Å². The summed E-state index contributed by atoms with van der Waals surface area (Å²) in [7, 11) is 0. The third-order valence-corrected chi connectivity index (χ3v) is 4.65. The number of carbonyl (C=O) groups excluding carboxylic acids is 1. The van der Waals surface area contributed by atoms with Crippen LogP contribution < -0.4 is 10.1 Å². The van der Waals surface area contributed by atoms with Crippen LogP contribution in [0.4, 0.5) is 0 Å². The molecule has 1 amide bonds. The molecular formula is C19H30N2O2. The Hall–Kier alpha value is -1.55. The van der Waals surface area contributed by atoms with Crippen LogP contribution in [-0.2, 0) is 11.2 Å². The van der Waals surface area contributed by atoms with E-state index in [0.29, 0.717) is 6.42 Å². The van der Waals surface area contributed by atoms with Crippen molar-refractivity contribution in [2.45, 2.75) is 58.6 Å². The number of ether oxygens (including phenoxy) is 1. The highest BCUT2D eigenvalue weighted by Crippen LogP contribution is 2.16. The lowest BCUT2D eigenvalue weighted by Gasteiger charge is -2.32. The molecule has 1 aliphatic heterocycles. The molecule has 0 bridgehead atoms. The Morgan fingerprint density at radius 3 is 2.39 bits per heavy atom. The van der Waals surface area contributed by atoms with E-state index in [1.807, 2.05) is 19.1 Å². The lowest BCUT2D eigenvalue weighted by atomic mass is 10.0. The van der Waals surface area contributed by atoms with E-state index in [0.717, 1.165) is 44.6 Å². The van der Waals surface area contributed by atoms with Crippen molar-refractivity contribution in [3.05, 3.63) is 29.8 Å². The van der Waals surface area contributed by atoms with Crippen molar-refractivity contribution < 1.29 is 9.53 Å². The lowest BCUT2D eigenvalue weighted by Crippen LogP contribution is -2.48. The predicted octanol–water partition coefficient (Wildman–Crippen LogP) is 3.01. The molecule has 0 saturated carbocycles. The van der Waals surface area contributed by atoms with Crippen LogP contribution in [0.15, 0.2) is 24.3 Å². The number of nitrogens with zero attached hydrogens (tertiary/aromatic N) is 1. The molecule has 2 rings (SSSR count). The van der Waals surface area contributed by atoms with Crippen molar-refractivity contribution in [1.29, 1.82) is 0 Å². The second-order valence-electron chi connectivity index (χ2n) is 6.23. The van der Waals surface area contributed by atoms with Gasteiger partial charge in [-0.3, -0.25) is 4.79 Å². The maximum atomic E-state index is 12.5. The first-order valence-corrected chi connectivity index (χ1v) is 8.94. The zero-order valence-electron chi connectivity index (χ0n) is 14.7. The maximum absolute atomic E-state index is 12.5. The third kappa shape index (κ3) is 5.24. The monoisotopic (exact) mass is 318 g/mol. The van der Waals surface area contributed by atoms with E-state index in [1.165, 1.54) is 5.56 Å². The van der Waals surface area contributed by atoms with Gasteiger partial charge in [0.15, 0.2) is 6.10 Å². The highest BCUT2D eigenvalue weighted by Gasteiger charge is 2.24. The van der Waals surface area contributed by atoms with E-state index < -0.39 is 6.10 Å². The van der Waals surface area contributed by atoms with Crippen molar-refractivity contribution in [3.63, 3.8) is 0 Å². The quantitative estimate of drug-likeness (QED) is 0.840. The van der Waals surface area contributed by atoms with Crippen molar-refractivity contribution >= 4 is 5.91 Å². The molecule has 4 nitrogen and oxygen atoms in total. The first kappa shape index (κ1) is 17.8. The summed E-state index contributed by atoms with van der Waals surface area (Å²) in [5.41, 5.74) is 1.28. The van der Waals surface area contributed by atoms with Gasteiger partial charge in [0.1, 0.15) is 5.75 Å². The molecule has 1 aromatic rings. The van der Waals surface area contributed by atoms with Gasteiger partial charge in [0.05, 0.1) is 0 Å². The largest absolute Gasteiger partial charge is 0.481 e. The average molecular weight is 318 g/mol. The number of nitrogens with one attached hydrogen (secondary N) is 1.